The molecule has 5 N–H and O–H groups in total. The minimum absolute atomic E-state index is 0.0451. The molecule has 0 unspecified atom stereocenters. The first-order valence-corrected chi connectivity index (χ1v) is 13.8. The molecule has 3 aromatic heterocycles. The number of hydrogen-bond donors (Lipinski definition) is 5. The number of alkyl halides is 3. The molecule has 0 radical (unpaired) electrons. The van der Waals surface area contributed by atoms with E-state index in [-0.39, 0.29) is 65.0 Å². The molecule has 1 aliphatic rings. The number of aryl methyl sites for hydroxylation is 1. The van der Waals surface area contributed by atoms with Crippen molar-refractivity contribution >= 4 is 29.0 Å². The van der Waals surface area contributed by atoms with Gasteiger partial charge in [-0.1, -0.05) is 0 Å². The van der Waals surface area contributed by atoms with Crippen molar-refractivity contribution in [2.24, 2.45) is 0 Å². The van der Waals surface area contributed by atoms with Crippen LogP contribution < -0.4 is 21.3 Å². The van der Waals surface area contributed by atoms with Crippen molar-refractivity contribution in [3.8, 4) is 17.3 Å². The molecule has 0 aliphatic carbocycles. The van der Waals surface area contributed by atoms with E-state index >= 15 is 4.39 Å². The zero-order valence-electron chi connectivity index (χ0n) is 24.0. The van der Waals surface area contributed by atoms with Gasteiger partial charge in [-0.25, -0.2) is 14.4 Å². The van der Waals surface area contributed by atoms with Gasteiger partial charge in [-0.05, 0) is 38.0 Å². The zero-order valence-corrected chi connectivity index (χ0v) is 24.0. The highest BCUT2D eigenvalue weighted by molar-refractivity contribution is 5.96. The summed E-state index contributed by atoms with van der Waals surface area (Å²) in [6, 6.07) is 3.27. The van der Waals surface area contributed by atoms with Crippen molar-refractivity contribution in [2.75, 3.05) is 18.4 Å². The molecular weight excluding hydrogens is 600 g/mol. The van der Waals surface area contributed by atoms with Crippen molar-refractivity contribution in [3.63, 3.8) is 0 Å². The third-order valence-electron chi connectivity index (χ3n) is 7.13. The maximum Gasteiger partial charge on any atom is 0.435 e. The average molecular weight is 629 g/mol. The molecule has 1 aromatic carbocycles. The van der Waals surface area contributed by atoms with Crippen LogP contribution in [-0.4, -0.2) is 72.3 Å². The van der Waals surface area contributed by atoms with E-state index in [2.05, 4.69) is 36.3 Å². The van der Waals surface area contributed by atoms with Gasteiger partial charge in [0.25, 0.3) is 5.91 Å². The van der Waals surface area contributed by atoms with Crippen molar-refractivity contribution in [1.82, 2.24) is 40.1 Å². The lowest BCUT2D eigenvalue weighted by atomic mass is 10.1. The minimum Gasteiger partial charge on any atom is -0.392 e. The number of nitrogens with one attached hydrogen (secondary N) is 4. The second-order valence-electron chi connectivity index (χ2n) is 10.6. The van der Waals surface area contributed by atoms with Gasteiger partial charge in [0.05, 0.1) is 41.2 Å². The molecule has 45 heavy (non-hydrogen) atoms. The van der Waals surface area contributed by atoms with Crippen LogP contribution in [0.3, 0.4) is 0 Å². The second-order valence-corrected chi connectivity index (χ2v) is 10.6. The van der Waals surface area contributed by atoms with Gasteiger partial charge >= 0.3 is 6.18 Å². The maximum absolute atomic E-state index is 15.2. The molecule has 17 heteroatoms. The van der Waals surface area contributed by atoms with E-state index in [0.717, 1.165) is 16.9 Å². The molecule has 236 valence electrons. The van der Waals surface area contributed by atoms with E-state index in [9.17, 15) is 27.9 Å². The Hall–Kier alpha value is -5.08. The molecule has 0 bridgehead atoms. The number of halogens is 4. The number of carbonyl (C=O) groups is 2. The summed E-state index contributed by atoms with van der Waals surface area (Å²) in [5, 5.41) is 33.1. The highest BCUT2D eigenvalue weighted by Gasteiger charge is 2.38. The third kappa shape index (κ3) is 6.71. The lowest BCUT2D eigenvalue weighted by molar-refractivity contribution is -0.141. The third-order valence-corrected chi connectivity index (χ3v) is 7.13. The summed E-state index contributed by atoms with van der Waals surface area (Å²) in [5.74, 6) is -1.74. The molecule has 1 fully saturated rings. The lowest BCUT2D eigenvalue weighted by Crippen LogP contribution is -2.47. The molecule has 1 saturated heterocycles. The number of fused-ring (bicyclic) bond motifs is 1. The monoisotopic (exact) mass is 628 g/mol. The number of aliphatic hydroxyl groups is 1. The van der Waals surface area contributed by atoms with E-state index in [4.69, 9.17) is 5.26 Å². The Morgan fingerprint density at radius 2 is 2.07 bits per heavy atom. The number of aromatic nitrogens is 5. The number of carbonyl (C=O) groups excluding carboxylic acids is 2. The number of amides is 2. The summed E-state index contributed by atoms with van der Waals surface area (Å²) in [7, 11) is 0. The fourth-order valence-corrected chi connectivity index (χ4v) is 5.06. The van der Waals surface area contributed by atoms with Crippen LogP contribution in [0.1, 0.15) is 35.0 Å². The first-order chi connectivity index (χ1) is 21.3. The van der Waals surface area contributed by atoms with Gasteiger partial charge in [-0.3, -0.25) is 18.7 Å². The molecule has 13 nitrogen and oxygen atoms in total. The Kier molecular flexibility index (Phi) is 8.71. The van der Waals surface area contributed by atoms with Crippen molar-refractivity contribution in [3.05, 3.63) is 59.6 Å². The molecule has 3 atom stereocenters. The van der Waals surface area contributed by atoms with E-state index in [1.165, 1.54) is 36.0 Å². The molecule has 0 spiro atoms. The predicted molar refractivity (Wildman–Crippen MR) is 152 cm³/mol. The van der Waals surface area contributed by atoms with Crippen molar-refractivity contribution in [2.45, 2.75) is 51.2 Å². The number of benzene rings is 1. The lowest BCUT2D eigenvalue weighted by Gasteiger charge is -2.18. The number of nitrogens with zero attached hydrogens (tertiary/aromatic N) is 6. The quantitative estimate of drug-likeness (QED) is 0.174. The molecule has 4 heterocycles. The number of imidazole rings is 1. The first-order valence-electron chi connectivity index (χ1n) is 13.8. The summed E-state index contributed by atoms with van der Waals surface area (Å²) >= 11 is 0. The largest absolute Gasteiger partial charge is 0.435 e. The van der Waals surface area contributed by atoms with Crippen LogP contribution in [0, 0.1) is 24.1 Å². The normalized spacial score (nSPS) is 17.2. The van der Waals surface area contributed by atoms with Gasteiger partial charge in [0, 0.05) is 43.4 Å². The van der Waals surface area contributed by atoms with Crippen molar-refractivity contribution < 1.29 is 32.3 Å². The van der Waals surface area contributed by atoms with Crippen LogP contribution in [0.4, 0.5) is 29.1 Å². The van der Waals surface area contributed by atoms with Gasteiger partial charge < -0.3 is 26.4 Å². The Balaban J connectivity index is 1.32. The van der Waals surface area contributed by atoms with Gasteiger partial charge in [0.1, 0.15) is 12.4 Å². The van der Waals surface area contributed by atoms with Gasteiger partial charge in [-0.2, -0.15) is 23.5 Å². The Bertz CT molecular complexity index is 1770. The molecule has 4 aromatic rings. The van der Waals surface area contributed by atoms with E-state index in [0.29, 0.717) is 6.54 Å². The summed E-state index contributed by atoms with van der Waals surface area (Å²) in [5.41, 5.74) is -1.01. The Morgan fingerprint density at radius 1 is 1.29 bits per heavy atom. The van der Waals surface area contributed by atoms with E-state index in [1.54, 1.807) is 13.0 Å². The predicted octanol–water partition coefficient (Wildman–Crippen LogP) is 2.28. The van der Waals surface area contributed by atoms with Crippen molar-refractivity contribution in [1.29, 1.82) is 5.26 Å². The smallest absolute Gasteiger partial charge is 0.392 e. The SMILES string of the molecule is Cc1cc(Nc2nccn3c(-c4cn(CC#N)nc4C(F)(F)F)cnc23)cc(F)c1C(=O)N[C@H](C)CNC(=O)[C@@H]1C[C@@H](O)CN1. The summed E-state index contributed by atoms with van der Waals surface area (Å²) in [4.78, 5) is 33.6. The Morgan fingerprint density at radius 3 is 2.73 bits per heavy atom. The number of hydrogen-bond acceptors (Lipinski definition) is 9. The fourth-order valence-electron chi connectivity index (χ4n) is 5.06. The maximum atomic E-state index is 15.2. The van der Waals surface area contributed by atoms with Crippen LogP contribution in [-0.2, 0) is 17.5 Å². The molecule has 2 amide bonds. The number of aliphatic hydroxyl groups excluding tert-OH is 1. The van der Waals surface area contributed by atoms with Crippen LogP contribution >= 0.6 is 0 Å². The molecule has 0 saturated carbocycles. The van der Waals surface area contributed by atoms with Gasteiger partial charge in [0.2, 0.25) is 5.91 Å². The molecule has 1 aliphatic heterocycles. The van der Waals surface area contributed by atoms with Gasteiger partial charge in [-0.15, -0.1) is 0 Å². The summed E-state index contributed by atoms with van der Waals surface area (Å²) in [6.07, 6.45) is -0.0527. The molecule has 5 rings (SSSR count). The summed E-state index contributed by atoms with van der Waals surface area (Å²) < 4.78 is 58.7. The standard InChI is InChI=1S/C28H28F4N10O3/c1-14-7-16(8-19(29)22(14)27(45)38-15(2)10-37-26(44)20-9-17(43)11-35-20)39-24-25-36-12-21(42(25)6-4-34-24)18-13-41(5-3-33)40-23(18)28(30,31)32/h4,6-8,12-13,15,17,20,35,43H,5,9-11H2,1-2H3,(H,34,39)(H,37,44)(H,38,45)/t15-,17-,20+/m1/s1. The number of anilines is 2. The van der Waals surface area contributed by atoms with Crippen LogP contribution in [0.25, 0.3) is 16.9 Å². The Labute approximate surface area is 253 Å². The second kappa shape index (κ2) is 12.5. The number of rotatable bonds is 9. The van der Waals surface area contributed by atoms with Crippen LogP contribution in [0.15, 0.2) is 36.9 Å². The topological polar surface area (TPSA) is 174 Å². The minimum atomic E-state index is -4.79. The highest BCUT2D eigenvalue weighted by atomic mass is 19.4. The molecular formula is C28H28F4N10O3. The highest BCUT2D eigenvalue weighted by Crippen LogP contribution is 2.37. The van der Waals surface area contributed by atoms with E-state index in [1.807, 2.05) is 0 Å². The summed E-state index contributed by atoms with van der Waals surface area (Å²) in [6.45, 7) is 3.21. The van der Waals surface area contributed by atoms with E-state index < -0.39 is 41.8 Å². The fraction of sp³-hybridized carbons (Fsp3) is 0.357. The van der Waals surface area contributed by atoms with Crippen LogP contribution in [0.2, 0.25) is 0 Å². The number of nitriles is 1. The first kappa shape index (κ1) is 31.3. The average Bonchev–Trinajstić information content (AvgIpc) is 3.70. The van der Waals surface area contributed by atoms with Gasteiger partial charge in [0.15, 0.2) is 17.2 Å². The zero-order chi connectivity index (χ0) is 32.5. The number of β-amino-alcohol motifs (C(OH)–C–C–N with tert-alkyl or cyclic N) is 1. The van der Waals surface area contributed by atoms with Crippen LogP contribution in [0.5, 0.6) is 0 Å².